The topological polar surface area (TPSA) is 132 Å². The minimum atomic E-state index is -1.50. The normalized spacial score (nSPS) is 13.5. The fourth-order valence-electron chi connectivity index (χ4n) is 2.78. The molecule has 3 rings (SSSR count). The molecule has 2 heterocycles. The molecular formula is C20H17ClKN3O6. The first-order valence-corrected chi connectivity index (χ1v) is 9.29. The van der Waals surface area contributed by atoms with Crippen molar-refractivity contribution in [2.75, 3.05) is 13.1 Å². The van der Waals surface area contributed by atoms with Crippen LogP contribution in [0.5, 0.6) is 11.6 Å². The van der Waals surface area contributed by atoms with Crippen LogP contribution in [0, 0.1) is 0 Å². The average molecular weight is 470 g/mol. The molecule has 0 atom stereocenters. The van der Waals surface area contributed by atoms with Crippen LogP contribution in [0.15, 0.2) is 53.9 Å². The number of aromatic nitrogens is 1. The Bertz CT molecular complexity index is 995. The zero-order valence-electron chi connectivity index (χ0n) is 16.6. The van der Waals surface area contributed by atoms with E-state index in [-0.39, 0.29) is 76.7 Å². The van der Waals surface area contributed by atoms with Crippen molar-refractivity contribution >= 4 is 29.4 Å². The Morgan fingerprint density at radius 2 is 1.94 bits per heavy atom. The maximum Gasteiger partial charge on any atom is 1.00 e. The molecule has 0 fully saturated rings. The van der Waals surface area contributed by atoms with Gasteiger partial charge in [0.1, 0.15) is 17.1 Å². The Morgan fingerprint density at radius 3 is 2.55 bits per heavy atom. The predicted octanol–water partition coefficient (Wildman–Crippen LogP) is -2.06. The van der Waals surface area contributed by atoms with Gasteiger partial charge in [-0.1, -0.05) is 17.7 Å². The van der Waals surface area contributed by atoms with E-state index in [1.54, 1.807) is 36.4 Å². The third-order valence-corrected chi connectivity index (χ3v) is 4.49. The number of nitrogens with one attached hydrogen (secondary N) is 1. The summed E-state index contributed by atoms with van der Waals surface area (Å²) in [6, 6.07) is 10.2. The van der Waals surface area contributed by atoms with Crippen molar-refractivity contribution in [3.63, 3.8) is 0 Å². The summed E-state index contributed by atoms with van der Waals surface area (Å²) in [6.45, 7) is -0.412. The molecule has 2 amide bonds. The number of aliphatic carboxylic acids is 1. The molecule has 0 radical (unpaired) electrons. The molecule has 0 bridgehead atoms. The summed E-state index contributed by atoms with van der Waals surface area (Å²) in [4.78, 5) is 40.7. The van der Waals surface area contributed by atoms with E-state index in [0.29, 0.717) is 22.2 Å². The van der Waals surface area contributed by atoms with Gasteiger partial charge in [-0.2, -0.15) is 0 Å². The van der Waals surface area contributed by atoms with Crippen LogP contribution in [0.2, 0.25) is 5.02 Å². The van der Waals surface area contributed by atoms with Crippen LogP contribution in [0.4, 0.5) is 0 Å². The minimum Gasteiger partial charge on any atom is -0.548 e. The van der Waals surface area contributed by atoms with E-state index in [0.717, 1.165) is 0 Å². The monoisotopic (exact) mass is 469 g/mol. The van der Waals surface area contributed by atoms with Gasteiger partial charge >= 0.3 is 51.4 Å². The molecule has 2 aromatic rings. The maximum absolute atomic E-state index is 12.6. The van der Waals surface area contributed by atoms with Gasteiger partial charge in [-0.05, 0) is 29.8 Å². The van der Waals surface area contributed by atoms with E-state index in [4.69, 9.17) is 16.3 Å². The summed E-state index contributed by atoms with van der Waals surface area (Å²) in [5.41, 5.74) is 0.209. The van der Waals surface area contributed by atoms with Crippen molar-refractivity contribution in [2.45, 2.75) is 13.0 Å². The molecule has 1 aromatic carbocycles. The van der Waals surface area contributed by atoms with Crippen LogP contribution in [0.1, 0.15) is 12.0 Å². The number of hydrogen-bond acceptors (Lipinski definition) is 7. The van der Waals surface area contributed by atoms with E-state index < -0.39 is 29.9 Å². The van der Waals surface area contributed by atoms with E-state index in [9.17, 15) is 24.6 Å². The molecule has 9 nitrogen and oxygen atoms in total. The van der Waals surface area contributed by atoms with Crippen molar-refractivity contribution in [1.29, 1.82) is 0 Å². The largest absolute Gasteiger partial charge is 1.00 e. The number of hydrogen-bond donors (Lipinski definition) is 2. The van der Waals surface area contributed by atoms with Gasteiger partial charge in [0.2, 0.25) is 5.88 Å². The molecule has 31 heavy (non-hydrogen) atoms. The van der Waals surface area contributed by atoms with Gasteiger partial charge in [0.05, 0.1) is 12.5 Å². The number of carbonyl (C=O) groups is 3. The van der Waals surface area contributed by atoms with Gasteiger partial charge in [-0.25, -0.2) is 4.98 Å². The fourth-order valence-corrected chi connectivity index (χ4v) is 2.90. The molecule has 2 N–H and O–H groups in total. The third-order valence-electron chi connectivity index (χ3n) is 4.24. The number of aliphatic hydroxyl groups excluding tert-OH is 1. The second-order valence-corrected chi connectivity index (χ2v) is 6.85. The Kier molecular flexibility index (Phi) is 9.47. The Hall–Kier alpha value is -1.95. The number of carboxylic acid groups (broad SMARTS) is 1. The smallest absolute Gasteiger partial charge is 0.548 e. The van der Waals surface area contributed by atoms with Crippen LogP contribution in [-0.2, 0) is 20.9 Å². The van der Waals surface area contributed by atoms with Gasteiger partial charge in [-0.3, -0.25) is 9.59 Å². The van der Waals surface area contributed by atoms with Crippen molar-refractivity contribution < 1.29 is 80.7 Å². The van der Waals surface area contributed by atoms with E-state index in [1.165, 1.54) is 11.1 Å². The molecule has 0 spiro atoms. The molecule has 1 aliphatic rings. The molecule has 0 saturated carbocycles. The SMILES string of the molecule is O=C([O-])CNC(=O)C1=C(O)CCN(Cc2ccc(Oc3ccc(Cl)cc3)nc2)C1=O.[K+]. The van der Waals surface area contributed by atoms with Crippen LogP contribution in [0.25, 0.3) is 0 Å². The summed E-state index contributed by atoms with van der Waals surface area (Å²) in [6.07, 6.45) is 1.61. The number of rotatable bonds is 7. The third kappa shape index (κ3) is 7.02. The number of carbonyl (C=O) groups excluding carboxylic acids is 3. The van der Waals surface area contributed by atoms with Crippen LogP contribution < -0.4 is 66.5 Å². The standard InChI is InChI=1S/C20H18ClN3O6.K/c21-13-2-4-14(5-3-13)30-16-6-1-12(9-22-16)11-24-8-7-15(25)18(20(24)29)19(28)23-10-17(26)27;/h1-6,9,25H,7-8,10-11H2,(H,23,28)(H,26,27);/q;+1/p-1. The zero-order valence-corrected chi connectivity index (χ0v) is 20.5. The molecule has 0 saturated heterocycles. The van der Waals surface area contributed by atoms with Crippen LogP contribution in [0.3, 0.4) is 0 Å². The Morgan fingerprint density at radius 1 is 1.23 bits per heavy atom. The zero-order chi connectivity index (χ0) is 21.7. The van der Waals surface area contributed by atoms with Crippen molar-refractivity contribution in [3.05, 3.63) is 64.5 Å². The molecule has 0 unspecified atom stereocenters. The summed E-state index contributed by atoms with van der Waals surface area (Å²) < 4.78 is 5.61. The number of amides is 2. The average Bonchev–Trinajstić information content (AvgIpc) is 2.72. The number of aliphatic hydroxyl groups is 1. The maximum atomic E-state index is 12.6. The molecular weight excluding hydrogens is 453 g/mol. The van der Waals surface area contributed by atoms with Gasteiger partial charge in [-0.15, -0.1) is 0 Å². The Balaban J connectivity index is 0.00000341. The summed E-state index contributed by atoms with van der Waals surface area (Å²) in [7, 11) is 0. The quantitative estimate of drug-likeness (QED) is 0.352. The first kappa shape index (κ1) is 25.3. The van der Waals surface area contributed by atoms with Crippen LogP contribution >= 0.6 is 11.6 Å². The van der Waals surface area contributed by atoms with Gasteiger partial charge < -0.3 is 30.0 Å². The molecule has 1 aromatic heterocycles. The molecule has 11 heteroatoms. The first-order valence-electron chi connectivity index (χ1n) is 8.91. The molecule has 156 valence electrons. The van der Waals surface area contributed by atoms with Crippen molar-refractivity contribution in [3.8, 4) is 11.6 Å². The molecule has 0 aliphatic carbocycles. The Labute approximate surface area is 225 Å². The second kappa shape index (κ2) is 11.6. The van der Waals surface area contributed by atoms with E-state index in [2.05, 4.69) is 4.98 Å². The number of ether oxygens (including phenoxy) is 1. The number of halogens is 1. The fraction of sp³-hybridized carbons (Fsp3) is 0.200. The van der Waals surface area contributed by atoms with E-state index in [1.807, 2.05) is 5.32 Å². The van der Waals surface area contributed by atoms with Crippen LogP contribution in [-0.4, -0.2) is 45.9 Å². The first-order chi connectivity index (χ1) is 14.3. The summed E-state index contributed by atoms with van der Waals surface area (Å²) in [5, 5.41) is 23.0. The summed E-state index contributed by atoms with van der Waals surface area (Å²) >= 11 is 5.83. The van der Waals surface area contributed by atoms with Crippen molar-refractivity contribution in [2.24, 2.45) is 0 Å². The van der Waals surface area contributed by atoms with Gasteiger partial charge in [0, 0.05) is 36.8 Å². The van der Waals surface area contributed by atoms with Gasteiger partial charge in [0.15, 0.2) is 0 Å². The van der Waals surface area contributed by atoms with Crippen molar-refractivity contribution in [1.82, 2.24) is 15.2 Å². The second-order valence-electron chi connectivity index (χ2n) is 6.41. The number of benzene rings is 1. The number of carboxylic acids is 1. The minimum absolute atomic E-state index is 0. The summed E-state index contributed by atoms with van der Waals surface area (Å²) in [5.74, 6) is -2.62. The van der Waals surface area contributed by atoms with E-state index >= 15 is 0 Å². The van der Waals surface area contributed by atoms with Gasteiger partial charge in [0.25, 0.3) is 11.8 Å². The number of pyridine rings is 1. The number of nitrogens with zero attached hydrogens (tertiary/aromatic N) is 2. The molecule has 1 aliphatic heterocycles. The predicted molar refractivity (Wildman–Crippen MR) is 103 cm³/mol.